The minimum Gasteiger partial charge on any atom is -0.368 e. The van der Waals surface area contributed by atoms with Gasteiger partial charge in [0.15, 0.2) is 7.98 Å². The second-order valence-electron chi connectivity index (χ2n) is 5.56. The van der Waals surface area contributed by atoms with E-state index in [-0.39, 0.29) is 11.3 Å². The third kappa shape index (κ3) is 3.00. The molecule has 0 bridgehead atoms. The van der Waals surface area contributed by atoms with Gasteiger partial charge in [-0.05, 0) is 18.3 Å². The van der Waals surface area contributed by atoms with E-state index >= 15 is 0 Å². The van der Waals surface area contributed by atoms with E-state index in [0.29, 0.717) is 13.0 Å². The molecule has 1 fully saturated rings. The maximum atomic E-state index is 12.3. The molecule has 1 saturated heterocycles. The molecule has 1 heterocycles. The van der Waals surface area contributed by atoms with E-state index in [4.69, 9.17) is 13.7 Å². The van der Waals surface area contributed by atoms with Gasteiger partial charge in [-0.3, -0.25) is 9.59 Å². The Kier molecular flexibility index (Phi) is 4.19. The van der Waals surface area contributed by atoms with Gasteiger partial charge in [0.2, 0.25) is 11.8 Å². The molecule has 5 nitrogen and oxygen atoms in total. The van der Waals surface area contributed by atoms with Crippen LogP contribution in [0.4, 0.5) is 0 Å². The number of likely N-dealkylation sites (tertiary alicyclic amines) is 1. The third-order valence-electron chi connectivity index (χ3n) is 3.14. The Morgan fingerprint density at radius 2 is 2.06 bits per heavy atom. The van der Waals surface area contributed by atoms with Gasteiger partial charge in [-0.15, -0.1) is 0 Å². The summed E-state index contributed by atoms with van der Waals surface area (Å²) in [5, 5.41) is 2.53. The van der Waals surface area contributed by atoms with E-state index in [1.807, 2.05) is 20.8 Å². The van der Waals surface area contributed by atoms with Gasteiger partial charge in [0.1, 0.15) is 6.04 Å². The summed E-state index contributed by atoms with van der Waals surface area (Å²) in [4.78, 5) is 25.1. The van der Waals surface area contributed by atoms with Gasteiger partial charge in [0.25, 0.3) is 0 Å². The number of hydrogen-bond acceptors (Lipinski definition) is 3. The molecule has 3 N–H and O–H groups in total. The maximum Gasteiger partial charge on any atom is 0.240 e. The van der Waals surface area contributed by atoms with Crippen molar-refractivity contribution in [2.75, 3.05) is 6.54 Å². The Balaban J connectivity index is 2.84. The van der Waals surface area contributed by atoms with Crippen LogP contribution in [0.2, 0.25) is 0 Å². The van der Waals surface area contributed by atoms with E-state index < -0.39 is 18.0 Å². The van der Waals surface area contributed by atoms with Crippen LogP contribution < -0.4 is 11.0 Å². The van der Waals surface area contributed by atoms with Crippen molar-refractivity contribution in [2.45, 2.75) is 45.7 Å². The Morgan fingerprint density at radius 1 is 1.47 bits per heavy atom. The van der Waals surface area contributed by atoms with Crippen molar-refractivity contribution in [1.82, 2.24) is 10.1 Å². The molecule has 0 aromatic heterocycles. The molecule has 0 saturated carbocycles. The average molecular weight is 237 g/mol. The highest BCUT2D eigenvalue weighted by Gasteiger charge is 2.39. The third-order valence-corrected chi connectivity index (χ3v) is 3.14. The van der Waals surface area contributed by atoms with Crippen LogP contribution in [0.1, 0.15) is 33.6 Å². The molecule has 1 aliphatic heterocycles. The van der Waals surface area contributed by atoms with Crippen LogP contribution in [-0.2, 0) is 9.59 Å². The van der Waals surface area contributed by atoms with Crippen molar-refractivity contribution in [1.29, 1.82) is 0 Å². The summed E-state index contributed by atoms with van der Waals surface area (Å²) in [6.45, 7) is 6.33. The predicted molar refractivity (Wildman–Crippen MR) is 66.1 cm³/mol. The molecule has 2 atom stereocenters. The van der Waals surface area contributed by atoms with Crippen molar-refractivity contribution in [3.05, 3.63) is 0 Å². The minimum absolute atomic E-state index is 0.152. The molecule has 94 valence electrons. The van der Waals surface area contributed by atoms with Gasteiger partial charge in [0.05, 0.1) is 6.04 Å². The standard InChI is InChI=1S/C11H20BN3O2/c1-11(2,3)8(14-12)10(17)15-6-4-5-7(15)9(13)16/h7-8,14H,4-6H2,1-3H3,(H2,13,16)/t7-,8+/m0/s1. The van der Waals surface area contributed by atoms with Crippen LogP contribution in [-0.4, -0.2) is 43.3 Å². The van der Waals surface area contributed by atoms with E-state index in [1.165, 1.54) is 4.90 Å². The van der Waals surface area contributed by atoms with Crippen LogP contribution in [0.5, 0.6) is 0 Å². The van der Waals surface area contributed by atoms with Crippen molar-refractivity contribution in [3.63, 3.8) is 0 Å². The average Bonchev–Trinajstić information content (AvgIpc) is 2.64. The van der Waals surface area contributed by atoms with Gasteiger partial charge in [-0.2, -0.15) is 0 Å². The van der Waals surface area contributed by atoms with E-state index in [1.54, 1.807) is 0 Å². The fourth-order valence-corrected chi connectivity index (χ4v) is 2.18. The number of primary amides is 1. The number of nitrogens with two attached hydrogens (primary N) is 1. The molecular weight excluding hydrogens is 217 g/mol. The van der Waals surface area contributed by atoms with E-state index in [2.05, 4.69) is 5.23 Å². The maximum absolute atomic E-state index is 12.3. The molecule has 0 unspecified atom stereocenters. The quantitative estimate of drug-likeness (QED) is 0.653. The summed E-state index contributed by atoms with van der Waals surface area (Å²) in [5.41, 5.74) is 4.98. The van der Waals surface area contributed by atoms with Gasteiger partial charge in [-0.1, -0.05) is 20.8 Å². The Labute approximate surface area is 104 Å². The zero-order valence-electron chi connectivity index (χ0n) is 10.7. The van der Waals surface area contributed by atoms with Crippen LogP contribution in [0.15, 0.2) is 0 Å². The summed E-state index contributed by atoms with van der Waals surface area (Å²) in [6, 6.07) is -0.997. The Hall–Kier alpha value is -1.04. The van der Waals surface area contributed by atoms with E-state index in [9.17, 15) is 9.59 Å². The highest BCUT2D eigenvalue weighted by Crippen LogP contribution is 2.25. The molecule has 0 aromatic rings. The van der Waals surface area contributed by atoms with Crippen molar-refractivity contribution >= 4 is 19.8 Å². The lowest BCUT2D eigenvalue weighted by Gasteiger charge is -2.34. The lowest BCUT2D eigenvalue weighted by molar-refractivity contribution is -0.140. The number of carbonyl (C=O) groups is 2. The molecule has 2 amide bonds. The molecule has 0 aromatic carbocycles. The normalized spacial score (nSPS) is 22.5. The SMILES string of the molecule is [B]N[C@H](C(=O)N1CCC[C@H]1C(N)=O)C(C)(C)C. The number of nitrogens with one attached hydrogen (secondary N) is 1. The Morgan fingerprint density at radius 3 is 2.47 bits per heavy atom. The topological polar surface area (TPSA) is 75.4 Å². The van der Waals surface area contributed by atoms with Crippen molar-refractivity contribution < 1.29 is 9.59 Å². The number of hydrogen-bond donors (Lipinski definition) is 2. The van der Waals surface area contributed by atoms with Crippen molar-refractivity contribution in [2.24, 2.45) is 11.1 Å². The molecule has 17 heavy (non-hydrogen) atoms. The summed E-state index contributed by atoms with van der Waals surface area (Å²) in [5.74, 6) is -0.596. The van der Waals surface area contributed by atoms with Crippen LogP contribution in [0.25, 0.3) is 0 Å². The second kappa shape index (κ2) is 5.08. The van der Waals surface area contributed by atoms with Crippen molar-refractivity contribution in [3.8, 4) is 0 Å². The molecule has 0 aliphatic carbocycles. The Bertz CT molecular complexity index is 314. The largest absolute Gasteiger partial charge is 0.368 e. The van der Waals surface area contributed by atoms with Gasteiger partial charge in [0, 0.05) is 6.54 Å². The number of rotatable bonds is 3. The zero-order valence-corrected chi connectivity index (χ0v) is 10.7. The first kappa shape index (κ1) is 14.0. The summed E-state index contributed by atoms with van der Waals surface area (Å²) >= 11 is 0. The molecule has 6 heteroatoms. The number of nitrogens with zero attached hydrogens (tertiary/aromatic N) is 1. The summed E-state index contributed by atoms with van der Waals surface area (Å²) in [6.07, 6.45) is 1.45. The second-order valence-corrected chi connectivity index (χ2v) is 5.56. The van der Waals surface area contributed by atoms with Gasteiger partial charge < -0.3 is 15.9 Å². The number of carbonyl (C=O) groups excluding carboxylic acids is 2. The number of amides is 2. The molecule has 1 aliphatic rings. The van der Waals surface area contributed by atoms with Crippen LogP contribution in [0.3, 0.4) is 0 Å². The van der Waals surface area contributed by atoms with Crippen LogP contribution >= 0.6 is 0 Å². The lowest BCUT2D eigenvalue weighted by Crippen LogP contribution is -2.55. The first-order valence-electron chi connectivity index (χ1n) is 5.85. The highest BCUT2D eigenvalue weighted by atomic mass is 16.2. The first-order chi connectivity index (χ1) is 7.79. The summed E-state index contributed by atoms with van der Waals surface area (Å²) < 4.78 is 0. The summed E-state index contributed by atoms with van der Waals surface area (Å²) in [7, 11) is 5.44. The zero-order chi connectivity index (χ0) is 13.2. The molecule has 0 spiro atoms. The van der Waals surface area contributed by atoms with Gasteiger partial charge in [-0.25, -0.2) is 0 Å². The highest BCUT2D eigenvalue weighted by molar-refractivity contribution is 6.07. The molecule has 1 rings (SSSR count). The van der Waals surface area contributed by atoms with E-state index in [0.717, 1.165) is 6.42 Å². The molecule has 2 radical (unpaired) electrons. The van der Waals surface area contributed by atoms with Gasteiger partial charge >= 0.3 is 0 Å². The minimum atomic E-state index is -0.512. The smallest absolute Gasteiger partial charge is 0.240 e. The monoisotopic (exact) mass is 237 g/mol. The predicted octanol–water partition coefficient (Wildman–Crippen LogP) is -0.450. The fraction of sp³-hybridized carbons (Fsp3) is 0.818. The first-order valence-corrected chi connectivity index (χ1v) is 5.85. The lowest BCUT2D eigenvalue weighted by atomic mass is 9.84. The fourth-order valence-electron chi connectivity index (χ4n) is 2.18. The van der Waals surface area contributed by atoms with Crippen LogP contribution in [0, 0.1) is 5.41 Å². The molecular formula is C11H20BN3O2.